The van der Waals surface area contributed by atoms with E-state index in [9.17, 15) is 4.79 Å². The highest BCUT2D eigenvalue weighted by molar-refractivity contribution is 5.91. The summed E-state index contributed by atoms with van der Waals surface area (Å²) >= 11 is 0. The molecule has 2 aromatic rings. The minimum Gasteiger partial charge on any atom is -0.494 e. The number of carbonyl (C=O) groups is 1. The van der Waals surface area contributed by atoms with E-state index in [-0.39, 0.29) is 12.5 Å². The molecule has 0 saturated carbocycles. The Balaban J connectivity index is 1.74. The van der Waals surface area contributed by atoms with Crippen molar-refractivity contribution < 1.29 is 14.4 Å². The maximum Gasteiger partial charge on any atom is 0.265 e. The molecule has 2 aromatic carbocycles. The fourth-order valence-corrected chi connectivity index (χ4v) is 1.73. The number of benzene rings is 2. The van der Waals surface area contributed by atoms with Gasteiger partial charge in [0.15, 0.2) is 6.61 Å². The third-order valence-electron chi connectivity index (χ3n) is 2.72. The normalized spacial score (nSPS) is 10.4. The molecule has 0 bridgehead atoms. The number of ether oxygens (including phenoxy) is 1. The molecular formula is C17H18N2O3. The average Bonchev–Trinajstić information content (AvgIpc) is 2.54. The molecule has 0 aromatic heterocycles. The van der Waals surface area contributed by atoms with E-state index in [1.54, 1.807) is 18.3 Å². The first-order valence-electron chi connectivity index (χ1n) is 7.01. The number of para-hydroxylation sites is 1. The molecule has 0 aliphatic carbocycles. The smallest absolute Gasteiger partial charge is 0.265 e. The molecule has 0 aliphatic heterocycles. The predicted molar refractivity (Wildman–Crippen MR) is 86.2 cm³/mol. The second-order valence-corrected chi connectivity index (χ2v) is 4.42. The van der Waals surface area contributed by atoms with Crippen LogP contribution in [0.15, 0.2) is 59.8 Å². The molecule has 5 nitrogen and oxygen atoms in total. The van der Waals surface area contributed by atoms with Crippen LogP contribution in [0.2, 0.25) is 0 Å². The van der Waals surface area contributed by atoms with Crippen molar-refractivity contribution in [3.63, 3.8) is 0 Å². The first kappa shape index (κ1) is 15.6. The zero-order valence-corrected chi connectivity index (χ0v) is 12.4. The Morgan fingerprint density at radius 3 is 2.55 bits per heavy atom. The van der Waals surface area contributed by atoms with Crippen molar-refractivity contribution in [1.82, 2.24) is 0 Å². The van der Waals surface area contributed by atoms with E-state index in [0.717, 1.165) is 17.0 Å². The third kappa shape index (κ3) is 5.28. The summed E-state index contributed by atoms with van der Waals surface area (Å²) in [5.41, 5.74) is 1.60. The minimum atomic E-state index is -0.255. The van der Waals surface area contributed by atoms with Crippen molar-refractivity contribution in [2.24, 2.45) is 5.16 Å². The van der Waals surface area contributed by atoms with Gasteiger partial charge in [-0.25, -0.2) is 0 Å². The summed E-state index contributed by atoms with van der Waals surface area (Å²) < 4.78 is 5.35. The molecule has 0 saturated heterocycles. The number of carbonyl (C=O) groups excluding carboxylic acids is 1. The SMILES string of the molecule is CCOc1ccc(/C=N\OCC(=O)Nc2ccccc2)cc1. The maximum atomic E-state index is 11.6. The van der Waals surface area contributed by atoms with Gasteiger partial charge in [0.1, 0.15) is 5.75 Å². The quantitative estimate of drug-likeness (QED) is 0.631. The van der Waals surface area contributed by atoms with Crippen molar-refractivity contribution in [2.45, 2.75) is 6.92 Å². The molecule has 0 heterocycles. The highest BCUT2D eigenvalue weighted by Crippen LogP contribution is 2.10. The van der Waals surface area contributed by atoms with Gasteiger partial charge in [0.2, 0.25) is 0 Å². The number of rotatable bonds is 7. The Morgan fingerprint density at radius 2 is 1.86 bits per heavy atom. The van der Waals surface area contributed by atoms with Gasteiger partial charge in [0.05, 0.1) is 12.8 Å². The van der Waals surface area contributed by atoms with Crippen molar-refractivity contribution in [1.29, 1.82) is 0 Å². The highest BCUT2D eigenvalue weighted by Gasteiger charge is 2.01. The van der Waals surface area contributed by atoms with Crippen LogP contribution < -0.4 is 10.1 Å². The van der Waals surface area contributed by atoms with Crippen LogP contribution in [0.4, 0.5) is 5.69 Å². The van der Waals surface area contributed by atoms with E-state index in [1.807, 2.05) is 49.4 Å². The van der Waals surface area contributed by atoms with Gasteiger partial charge in [0.25, 0.3) is 5.91 Å². The summed E-state index contributed by atoms with van der Waals surface area (Å²) in [5, 5.41) is 6.48. The van der Waals surface area contributed by atoms with Gasteiger partial charge in [-0.05, 0) is 48.9 Å². The molecule has 5 heteroatoms. The molecule has 0 fully saturated rings. The molecule has 1 amide bonds. The molecule has 22 heavy (non-hydrogen) atoms. The molecule has 2 rings (SSSR count). The lowest BCUT2D eigenvalue weighted by Crippen LogP contribution is -2.16. The minimum absolute atomic E-state index is 0.136. The number of amides is 1. The van der Waals surface area contributed by atoms with Gasteiger partial charge in [-0.3, -0.25) is 4.79 Å². The Labute approximate surface area is 129 Å². The van der Waals surface area contributed by atoms with Gasteiger partial charge < -0.3 is 14.9 Å². The van der Waals surface area contributed by atoms with Crippen molar-refractivity contribution in [2.75, 3.05) is 18.5 Å². The number of hydrogen-bond acceptors (Lipinski definition) is 4. The number of nitrogens with zero attached hydrogens (tertiary/aromatic N) is 1. The van der Waals surface area contributed by atoms with Gasteiger partial charge in [-0.2, -0.15) is 0 Å². The van der Waals surface area contributed by atoms with Crippen LogP contribution in [-0.2, 0) is 9.63 Å². The number of nitrogens with one attached hydrogen (secondary N) is 1. The topological polar surface area (TPSA) is 59.9 Å². The van der Waals surface area contributed by atoms with Crippen LogP contribution in [0, 0.1) is 0 Å². The molecule has 0 spiro atoms. The third-order valence-corrected chi connectivity index (χ3v) is 2.72. The average molecular weight is 298 g/mol. The Hall–Kier alpha value is -2.82. The van der Waals surface area contributed by atoms with Gasteiger partial charge >= 0.3 is 0 Å². The molecule has 0 aliphatic rings. The van der Waals surface area contributed by atoms with Crippen LogP contribution in [0.25, 0.3) is 0 Å². The fraction of sp³-hybridized carbons (Fsp3) is 0.176. The van der Waals surface area contributed by atoms with Gasteiger partial charge in [0, 0.05) is 5.69 Å². The summed E-state index contributed by atoms with van der Waals surface area (Å²) in [4.78, 5) is 16.6. The van der Waals surface area contributed by atoms with Gasteiger partial charge in [-0.15, -0.1) is 0 Å². The highest BCUT2D eigenvalue weighted by atomic mass is 16.6. The van der Waals surface area contributed by atoms with Crippen LogP contribution in [0.3, 0.4) is 0 Å². The lowest BCUT2D eigenvalue weighted by molar-refractivity contribution is -0.120. The first-order chi connectivity index (χ1) is 10.8. The van der Waals surface area contributed by atoms with E-state index in [2.05, 4.69) is 10.5 Å². The fourth-order valence-electron chi connectivity index (χ4n) is 1.73. The van der Waals surface area contributed by atoms with E-state index in [4.69, 9.17) is 9.57 Å². The summed E-state index contributed by atoms with van der Waals surface area (Å²) in [7, 11) is 0. The Morgan fingerprint density at radius 1 is 1.14 bits per heavy atom. The number of oxime groups is 1. The lowest BCUT2D eigenvalue weighted by atomic mass is 10.2. The van der Waals surface area contributed by atoms with Crippen LogP contribution in [0.5, 0.6) is 5.75 Å². The second-order valence-electron chi connectivity index (χ2n) is 4.42. The molecule has 0 atom stereocenters. The maximum absolute atomic E-state index is 11.6. The van der Waals surface area contributed by atoms with Crippen LogP contribution in [0.1, 0.15) is 12.5 Å². The molecular weight excluding hydrogens is 280 g/mol. The van der Waals surface area contributed by atoms with Crippen molar-refractivity contribution in [3.8, 4) is 5.75 Å². The summed E-state index contributed by atoms with van der Waals surface area (Å²) in [6.07, 6.45) is 1.55. The summed E-state index contributed by atoms with van der Waals surface area (Å²) in [5.74, 6) is 0.554. The molecule has 0 unspecified atom stereocenters. The largest absolute Gasteiger partial charge is 0.494 e. The molecule has 0 radical (unpaired) electrons. The lowest BCUT2D eigenvalue weighted by Gasteiger charge is -2.03. The number of hydrogen-bond donors (Lipinski definition) is 1. The van der Waals surface area contributed by atoms with E-state index in [0.29, 0.717) is 6.61 Å². The Bertz CT molecular complexity index is 610. The van der Waals surface area contributed by atoms with E-state index in [1.165, 1.54) is 0 Å². The predicted octanol–water partition coefficient (Wildman–Crippen LogP) is 3.07. The van der Waals surface area contributed by atoms with E-state index < -0.39 is 0 Å². The monoisotopic (exact) mass is 298 g/mol. The second kappa shape index (κ2) is 8.46. The zero-order chi connectivity index (χ0) is 15.6. The Kier molecular flexibility index (Phi) is 5.99. The van der Waals surface area contributed by atoms with Crippen molar-refractivity contribution in [3.05, 3.63) is 60.2 Å². The number of anilines is 1. The molecule has 1 N–H and O–H groups in total. The van der Waals surface area contributed by atoms with Crippen molar-refractivity contribution >= 4 is 17.8 Å². The van der Waals surface area contributed by atoms with E-state index >= 15 is 0 Å². The van der Waals surface area contributed by atoms with Gasteiger partial charge in [-0.1, -0.05) is 23.4 Å². The zero-order valence-electron chi connectivity index (χ0n) is 12.4. The summed E-state index contributed by atoms with van der Waals surface area (Å²) in [6.45, 7) is 2.43. The summed E-state index contributed by atoms with van der Waals surface area (Å²) in [6, 6.07) is 16.6. The van der Waals surface area contributed by atoms with Crippen LogP contribution >= 0.6 is 0 Å². The first-order valence-corrected chi connectivity index (χ1v) is 7.01. The van der Waals surface area contributed by atoms with Crippen LogP contribution in [-0.4, -0.2) is 25.3 Å². The molecule has 114 valence electrons. The standard InChI is InChI=1S/C17H18N2O3/c1-2-21-16-10-8-14(9-11-16)12-18-22-13-17(20)19-15-6-4-3-5-7-15/h3-12H,2,13H2,1H3,(H,19,20)/b18-12-.